The summed E-state index contributed by atoms with van der Waals surface area (Å²) >= 11 is 5.73. The molecule has 1 rings (SSSR count). The lowest BCUT2D eigenvalue weighted by Crippen LogP contribution is -2.11. The molecule has 0 fully saturated rings. The second-order valence-corrected chi connectivity index (χ2v) is 4.18. The molecule has 0 aromatic carbocycles. The van der Waals surface area contributed by atoms with E-state index >= 15 is 0 Å². The molecule has 0 atom stereocenters. The Bertz CT molecular complexity index is 419. The molecule has 0 aromatic heterocycles. The van der Waals surface area contributed by atoms with Gasteiger partial charge in [-0.05, 0) is 26.0 Å². The van der Waals surface area contributed by atoms with Crippen LogP contribution in [0.25, 0.3) is 0 Å². The van der Waals surface area contributed by atoms with Gasteiger partial charge in [-0.2, -0.15) is 5.26 Å². The highest BCUT2D eigenvalue weighted by Gasteiger charge is 2.24. The maximum Gasteiger partial charge on any atom is 0.129 e. The smallest absolute Gasteiger partial charge is 0.129 e. The zero-order valence-electron chi connectivity index (χ0n) is 8.59. The van der Waals surface area contributed by atoms with Gasteiger partial charge in [-0.3, -0.25) is 0 Å². The first-order valence-corrected chi connectivity index (χ1v) is 4.88. The molecule has 0 N–H and O–H groups in total. The lowest BCUT2D eigenvalue weighted by Gasteiger charge is -2.17. The minimum Gasteiger partial charge on any atom is -0.207 e. The molecule has 1 nitrogen and oxygen atoms in total. The standard InChI is InChI=1S/C12H11ClFN/c1-12(2,8-15)10-6-4-3-5-9(13)7-11(10)14/h3-7H,1-2H3/b4-3?,5-3+,6-4?,9-5?,9-7+,10-6?,11-7?,11-10?. The second kappa shape index (κ2) is 4.46. The third kappa shape index (κ3) is 2.81. The highest BCUT2D eigenvalue weighted by atomic mass is 35.5. The van der Waals surface area contributed by atoms with Crippen LogP contribution in [0.2, 0.25) is 0 Å². The summed E-state index contributed by atoms with van der Waals surface area (Å²) in [7, 11) is 0. The highest BCUT2D eigenvalue weighted by molar-refractivity contribution is 6.31. The molecule has 1 aliphatic carbocycles. The first-order chi connectivity index (χ1) is 6.97. The van der Waals surface area contributed by atoms with Crippen molar-refractivity contribution in [2.45, 2.75) is 13.8 Å². The van der Waals surface area contributed by atoms with E-state index in [1.165, 1.54) is 6.08 Å². The number of rotatable bonds is 1. The lowest BCUT2D eigenvalue weighted by molar-refractivity contribution is 0.561. The molecule has 78 valence electrons. The van der Waals surface area contributed by atoms with E-state index in [0.717, 1.165) is 0 Å². The van der Waals surface area contributed by atoms with Crippen LogP contribution in [0.3, 0.4) is 0 Å². The summed E-state index contributed by atoms with van der Waals surface area (Å²) in [6.07, 6.45) is 7.78. The Morgan fingerprint density at radius 3 is 2.53 bits per heavy atom. The van der Waals surface area contributed by atoms with E-state index in [-0.39, 0.29) is 0 Å². The minimum atomic E-state index is -0.862. The summed E-state index contributed by atoms with van der Waals surface area (Å²) in [5.74, 6) is -0.466. The summed E-state index contributed by atoms with van der Waals surface area (Å²) in [5, 5.41) is 9.24. The van der Waals surface area contributed by atoms with Gasteiger partial charge in [-0.15, -0.1) is 0 Å². The quantitative estimate of drug-likeness (QED) is 0.659. The zero-order valence-corrected chi connectivity index (χ0v) is 9.35. The molecule has 15 heavy (non-hydrogen) atoms. The summed E-state index contributed by atoms with van der Waals surface area (Å²) in [6, 6.07) is 2.06. The van der Waals surface area contributed by atoms with Gasteiger partial charge in [0.25, 0.3) is 0 Å². The van der Waals surface area contributed by atoms with Crippen molar-refractivity contribution in [3.63, 3.8) is 0 Å². The van der Waals surface area contributed by atoms with Crippen molar-refractivity contribution in [3.8, 4) is 6.07 Å². The van der Waals surface area contributed by atoms with Gasteiger partial charge in [-0.1, -0.05) is 29.8 Å². The van der Waals surface area contributed by atoms with E-state index in [1.807, 2.05) is 0 Å². The van der Waals surface area contributed by atoms with Crippen LogP contribution in [0.1, 0.15) is 13.8 Å². The van der Waals surface area contributed by atoms with Crippen molar-refractivity contribution in [1.82, 2.24) is 0 Å². The Labute approximate surface area is 93.9 Å². The first kappa shape index (κ1) is 11.7. The monoisotopic (exact) mass is 223 g/mol. The van der Waals surface area contributed by atoms with E-state index < -0.39 is 11.2 Å². The lowest BCUT2D eigenvalue weighted by atomic mass is 9.84. The second-order valence-electron chi connectivity index (χ2n) is 3.75. The van der Waals surface area contributed by atoms with Gasteiger partial charge >= 0.3 is 0 Å². The van der Waals surface area contributed by atoms with Crippen molar-refractivity contribution >= 4 is 11.6 Å². The molecule has 3 heteroatoms. The van der Waals surface area contributed by atoms with Crippen molar-refractivity contribution < 1.29 is 4.39 Å². The van der Waals surface area contributed by atoms with Gasteiger partial charge < -0.3 is 0 Å². The molecule has 0 heterocycles. The average molecular weight is 224 g/mol. The fourth-order valence-corrected chi connectivity index (χ4v) is 1.36. The summed E-state index contributed by atoms with van der Waals surface area (Å²) in [5.41, 5.74) is -0.521. The predicted molar refractivity (Wildman–Crippen MR) is 59.7 cm³/mol. The van der Waals surface area contributed by atoms with Crippen LogP contribution in [0, 0.1) is 16.7 Å². The van der Waals surface area contributed by atoms with Gasteiger partial charge in [-0.25, -0.2) is 4.39 Å². The van der Waals surface area contributed by atoms with Crippen molar-refractivity contribution in [2.24, 2.45) is 5.41 Å². The number of allylic oxidation sites excluding steroid dienone is 8. The number of hydrogen-bond donors (Lipinski definition) is 0. The van der Waals surface area contributed by atoms with E-state index in [4.69, 9.17) is 16.9 Å². The Kier molecular flexibility index (Phi) is 3.49. The van der Waals surface area contributed by atoms with Gasteiger partial charge in [0.05, 0.1) is 11.5 Å². The molecule has 0 saturated carbocycles. The van der Waals surface area contributed by atoms with Crippen LogP contribution in [0.4, 0.5) is 4.39 Å². The van der Waals surface area contributed by atoms with E-state index in [1.54, 1.807) is 38.2 Å². The molecular weight excluding hydrogens is 213 g/mol. The molecule has 0 aliphatic heterocycles. The molecule has 0 radical (unpaired) electrons. The summed E-state index contributed by atoms with van der Waals surface area (Å²) in [6.45, 7) is 3.33. The van der Waals surface area contributed by atoms with Crippen LogP contribution >= 0.6 is 11.6 Å². The first-order valence-electron chi connectivity index (χ1n) is 4.51. The fourth-order valence-electron chi connectivity index (χ4n) is 1.19. The molecule has 0 unspecified atom stereocenters. The van der Waals surface area contributed by atoms with Crippen LogP contribution in [0.15, 0.2) is 46.8 Å². The number of halogens is 2. The van der Waals surface area contributed by atoms with Gasteiger partial charge in [0.15, 0.2) is 0 Å². The third-order valence-electron chi connectivity index (χ3n) is 2.10. The number of nitrogens with zero attached hydrogens (tertiary/aromatic N) is 1. The third-order valence-corrected chi connectivity index (χ3v) is 2.34. The molecular formula is C12H11ClFN. The molecule has 1 aliphatic rings. The molecule has 0 saturated heterocycles. The predicted octanol–water partition coefficient (Wildman–Crippen LogP) is 4.01. The Balaban J connectivity index is 3.28. The Hall–Kier alpha value is -1.33. The molecule has 0 amide bonds. The normalized spacial score (nSPS) is 22.5. The maximum absolute atomic E-state index is 13.7. The van der Waals surface area contributed by atoms with Crippen molar-refractivity contribution in [1.29, 1.82) is 5.26 Å². The Morgan fingerprint density at radius 2 is 1.93 bits per heavy atom. The van der Waals surface area contributed by atoms with Crippen LogP contribution in [-0.2, 0) is 0 Å². The maximum atomic E-state index is 13.7. The van der Waals surface area contributed by atoms with E-state index in [2.05, 4.69) is 6.07 Å². The fraction of sp³-hybridized carbons (Fsp3) is 0.250. The number of nitriles is 1. The SMILES string of the molecule is CC(C)(C#N)C1=C(F)/C=C(Cl)\C=C\C=C1. The molecule has 0 bridgehead atoms. The van der Waals surface area contributed by atoms with Crippen molar-refractivity contribution in [3.05, 3.63) is 46.8 Å². The van der Waals surface area contributed by atoms with E-state index in [9.17, 15) is 4.39 Å². The van der Waals surface area contributed by atoms with Gasteiger partial charge in [0, 0.05) is 10.6 Å². The number of hydrogen-bond acceptors (Lipinski definition) is 1. The molecule has 0 spiro atoms. The van der Waals surface area contributed by atoms with Crippen LogP contribution in [-0.4, -0.2) is 0 Å². The Morgan fingerprint density at radius 1 is 1.33 bits per heavy atom. The van der Waals surface area contributed by atoms with Crippen molar-refractivity contribution in [2.75, 3.05) is 0 Å². The van der Waals surface area contributed by atoms with Gasteiger partial charge in [0.2, 0.25) is 0 Å². The average Bonchev–Trinajstić information content (AvgIpc) is 2.14. The van der Waals surface area contributed by atoms with Crippen LogP contribution < -0.4 is 0 Å². The topological polar surface area (TPSA) is 23.8 Å². The van der Waals surface area contributed by atoms with Gasteiger partial charge in [0.1, 0.15) is 5.83 Å². The molecule has 0 aromatic rings. The summed E-state index contributed by atoms with van der Waals surface area (Å²) in [4.78, 5) is 0. The minimum absolute atomic E-state index is 0.308. The van der Waals surface area contributed by atoms with Crippen LogP contribution in [0.5, 0.6) is 0 Å². The largest absolute Gasteiger partial charge is 0.207 e. The highest BCUT2D eigenvalue weighted by Crippen LogP contribution is 2.31. The van der Waals surface area contributed by atoms with E-state index in [0.29, 0.717) is 10.6 Å². The summed E-state index contributed by atoms with van der Waals surface area (Å²) < 4.78 is 13.7. The zero-order chi connectivity index (χ0) is 11.5.